The maximum Gasteiger partial charge on any atom is 0.187 e. The molecule has 0 unspecified atom stereocenters. The highest BCUT2D eigenvalue weighted by atomic mass is 32.1. The van der Waals surface area contributed by atoms with Gasteiger partial charge in [-0.2, -0.15) is 5.10 Å². The zero-order valence-corrected chi connectivity index (χ0v) is 14.5. The van der Waals surface area contributed by atoms with Gasteiger partial charge in [0, 0.05) is 5.56 Å². The van der Waals surface area contributed by atoms with Crippen LogP contribution in [0.3, 0.4) is 0 Å². The third-order valence-electron chi connectivity index (χ3n) is 3.15. The molecule has 0 saturated carbocycles. The van der Waals surface area contributed by atoms with Crippen molar-refractivity contribution in [2.24, 2.45) is 10.8 Å². The summed E-state index contributed by atoms with van der Waals surface area (Å²) in [5.74, 6) is 0.965. The number of rotatable bonds is 6. The zero-order chi connectivity index (χ0) is 17.5. The van der Waals surface area contributed by atoms with E-state index < -0.39 is 0 Å². The molecule has 2 rings (SSSR count). The Bertz CT molecular complexity index is 714. The van der Waals surface area contributed by atoms with E-state index in [4.69, 9.17) is 22.7 Å². The van der Waals surface area contributed by atoms with Crippen LogP contribution >= 0.6 is 12.2 Å². The van der Waals surface area contributed by atoms with Crippen molar-refractivity contribution in [3.63, 3.8) is 0 Å². The third-order valence-corrected chi connectivity index (χ3v) is 3.37. The number of ether oxygens (including phenoxy) is 1. The monoisotopic (exact) mass is 343 g/mol. The first kappa shape index (κ1) is 17.7. The van der Waals surface area contributed by atoms with Crippen LogP contribution in [0.5, 0.6) is 11.5 Å². The van der Waals surface area contributed by atoms with Gasteiger partial charge in [0.25, 0.3) is 0 Å². The number of benzene rings is 2. The Kier molecular flexibility index (Phi) is 6.14. The van der Waals surface area contributed by atoms with Crippen LogP contribution in [0.4, 0.5) is 0 Å². The predicted octanol–water partition coefficient (Wildman–Crippen LogP) is 3.26. The summed E-state index contributed by atoms with van der Waals surface area (Å²) < 4.78 is 5.62. The molecule has 0 heterocycles. The molecule has 0 saturated heterocycles. The molecule has 0 spiro atoms. The standard InChI is InChI=1S/C18H21N3O2S/c1-13(2)23-16-9-7-14(8-10-16)12-21(18(19)24)20-11-15-5-3-4-6-17(15)22/h3-11,13,22H,12H2,1-2H3,(H2,19,24)/b20-11+. The summed E-state index contributed by atoms with van der Waals surface area (Å²) in [4.78, 5) is 0. The predicted molar refractivity (Wildman–Crippen MR) is 100 cm³/mol. The Labute approximate surface area is 147 Å². The van der Waals surface area contributed by atoms with Crippen LogP contribution < -0.4 is 10.5 Å². The van der Waals surface area contributed by atoms with E-state index in [-0.39, 0.29) is 17.0 Å². The minimum absolute atomic E-state index is 0.132. The van der Waals surface area contributed by atoms with E-state index in [9.17, 15) is 5.11 Å². The van der Waals surface area contributed by atoms with Gasteiger partial charge in [-0.15, -0.1) is 0 Å². The van der Waals surface area contributed by atoms with Crippen molar-refractivity contribution in [1.29, 1.82) is 0 Å². The minimum atomic E-state index is 0.132. The summed E-state index contributed by atoms with van der Waals surface area (Å²) >= 11 is 5.05. The number of phenolic OH excluding ortho intramolecular Hbond substituents is 1. The topological polar surface area (TPSA) is 71.1 Å². The number of aromatic hydroxyl groups is 1. The van der Waals surface area contributed by atoms with E-state index in [1.54, 1.807) is 18.2 Å². The Morgan fingerprint density at radius 2 is 1.92 bits per heavy atom. The Morgan fingerprint density at radius 1 is 1.25 bits per heavy atom. The van der Waals surface area contributed by atoms with Gasteiger partial charge in [-0.25, -0.2) is 5.01 Å². The molecule has 0 amide bonds. The second-order valence-corrected chi connectivity index (χ2v) is 5.93. The van der Waals surface area contributed by atoms with Gasteiger partial charge in [0.2, 0.25) is 0 Å². The lowest BCUT2D eigenvalue weighted by Crippen LogP contribution is -2.30. The van der Waals surface area contributed by atoms with Gasteiger partial charge in [-0.05, 0) is 55.9 Å². The first-order valence-corrected chi connectivity index (χ1v) is 8.01. The number of para-hydroxylation sites is 1. The van der Waals surface area contributed by atoms with E-state index in [2.05, 4.69) is 5.10 Å². The lowest BCUT2D eigenvalue weighted by Gasteiger charge is -2.17. The van der Waals surface area contributed by atoms with E-state index in [1.165, 1.54) is 11.2 Å². The number of nitrogens with zero attached hydrogens (tertiary/aromatic N) is 2. The molecule has 0 atom stereocenters. The fraction of sp³-hybridized carbons (Fsp3) is 0.222. The fourth-order valence-electron chi connectivity index (χ4n) is 2.02. The number of thiocarbonyl (C=S) groups is 1. The van der Waals surface area contributed by atoms with Crippen LogP contribution in [0.25, 0.3) is 0 Å². The highest BCUT2D eigenvalue weighted by molar-refractivity contribution is 7.80. The first-order chi connectivity index (χ1) is 11.5. The van der Waals surface area contributed by atoms with Crippen LogP contribution in [0.15, 0.2) is 53.6 Å². The van der Waals surface area contributed by atoms with E-state index in [0.717, 1.165) is 11.3 Å². The van der Waals surface area contributed by atoms with Crippen molar-refractivity contribution >= 4 is 23.5 Å². The summed E-state index contributed by atoms with van der Waals surface area (Å²) in [5.41, 5.74) is 7.33. The molecule has 2 aromatic carbocycles. The first-order valence-electron chi connectivity index (χ1n) is 7.60. The molecule has 6 heteroatoms. The minimum Gasteiger partial charge on any atom is -0.507 e. The fourth-order valence-corrected chi connectivity index (χ4v) is 2.13. The van der Waals surface area contributed by atoms with Gasteiger partial charge in [-0.1, -0.05) is 24.3 Å². The van der Waals surface area contributed by atoms with Gasteiger partial charge in [0.15, 0.2) is 5.11 Å². The molecule has 126 valence electrons. The second kappa shape index (κ2) is 8.31. The van der Waals surface area contributed by atoms with Crippen LogP contribution in [0.1, 0.15) is 25.0 Å². The molecule has 2 aromatic rings. The van der Waals surface area contributed by atoms with Crippen molar-refractivity contribution in [2.75, 3.05) is 0 Å². The lowest BCUT2D eigenvalue weighted by atomic mass is 10.2. The summed E-state index contributed by atoms with van der Waals surface area (Å²) in [6.07, 6.45) is 1.66. The molecule has 3 N–H and O–H groups in total. The molecular formula is C18H21N3O2S. The average Bonchev–Trinajstić information content (AvgIpc) is 2.53. The lowest BCUT2D eigenvalue weighted by molar-refractivity contribution is 0.242. The van der Waals surface area contributed by atoms with Gasteiger partial charge < -0.3 is 15.6 Å². The number of hydrogen-bond donors (Lipinski definition) is 2. The molecule has 0 aliphatic carbocycles. The largest absolute Gasteiger partial charge is 0.507 e. The number of nitrogens with two attached hydrogens (primary N) is 1. The van der Waals surface area contributed by atoms with Gasteiger partial charge in [0.05, 0.1) is 18.9 Å². The van der Waals surface area contributed by atoms with Crippen molar-refractivity contribution in [2.45, 2.75) is 26.5 Å². The smallest absolute Gasteiger partial charge is 0.187 e. The molecule has 0 bridgehead atoms. The maximum absolute atomic E-state index is 9.77. The molecule has 0 aliphatic heterocycles. The molecule has 0 aliphatic rings. The molecular weight excluding hydrogens is 322 g/mol. The Hall–Kier alpha value is -2.60. The SMILES string of the molecule is CC(C)Oc1ccc(CN(/N=C/c2ccccc2O)C(N)=S)cc1. The third kappa shape index (κ3) is 5.24. The van der Waals surface area contributed by atoms with Crippen LogP contribution in [0.2, 0.25) is 0 Å². The number of phenols is 1. The van der Waals surface area contributed by atoms with E-state index >= 15 is 0 Å². The van der Waals surface area contributed by atoms with Gasteiger partial charge >= 0.3 is 0 Å². The van der Waals surface area contributed by atoms with Crippen LogP contribution in [-0.4, -0.2) is 27.5 Å². The molecule has 5 nitrogen and oxygen atoms in total. The van der Waals surface area contributed by atoms with E-state index in [1.807, 2.05) is 44.2 Å². The zero-order valence-electron chi connectivity index (χ0n) is 13.7. The quantitative estimate of drug-likeness (QED) is 0.478. The summed E-state index contributed by atoms with van der Waals surface area (Å²) in [6.45, 7) is 4.40. The van der Waals surface area contributed by atoms with Gasteiger partial charge in [-0.3, -0.25) is 0 Å². The van der Waals surface area contributed by atoms with Gasteiger partial charge in [0.1, 0.15) is 11.5 Å². The van der Waals surface area contributed by atoms with Crippen LogP contribution in [0, 0.1) is 0 Å². The van der Waals surface area contributed by atoms with Crippen molar-refractivity contribution in [3.8, 4) is 11.5 Å². The van der Waals surface area contributed by atoms with Crippen molar-refractivity contribution < 1.29 is 9.84 Å². The summed E-state index contributed by atoms with van der Waals surface area (Å²) in [7, 11) is 0. The summed E-state index contributed by atoms with van der Waals surface area (Å²) in [6, 6.07) is 14.6. The molecule has 0 fully saturated rings. The van der Waals surface area contributed by atoms with Crippen molar-refractivity contribution in [1.82, 2.24) is 5.01 Å². The summed E-state index contributed by atoms with van der Waals surface area (Å²) in [5, 5.41) is 15.7. The number of hydrogen-bond acceptors (Lipinski definition) is 4. The average molecular weight is 343 g/mol. The van der Waals surface area contributed by atoms with E-state index in [0.29, 0.717) is 12.1 Å². The maximum atomic E-state index is 9.77. The molecule has 24 heavy (non-hydrogen) atoms. The second-order valence-electron chi connectivity index (χ2n) is 5.51. The highest BCUT2D eigenvalue weighted by Crippen LogP contribution is 2.16. The Balaban J connectivity index is 2.08. The number of hydrazone groups is 1. The van der Waals surface area contributed by atoms with Crippen molar-refractivity contribution in [3.05, 3.63) is 59.7 Å². The normalized spacial score (nSPS) is 11.0. The highest BCUT2D eigenvalue weighted by Gasteiger charge is 2.07. The molecule has 0 radical (unpaired) electrons. The van der Waals surface area contributed by atoms with Crippen LogP contribution in [-0.2, 0) is 6.54 Å². The Morgan fingerprint density at radius 3 is 2.50 bits per heavy atom. The molecule has 0 aromatic heterocycles.